The minimum absolute atomic E-state index is 0.364. The molecule has 0 bridgehead atoms. The van der Waals surface area contributed by atoms with Crippen molar-refractivity contribution in [2.24, 2.45) is 0 Å². The first kappa shape index (κ1) is 19.7. The first-order valence-electron chi connectivity index (χ1n) is 7.62. The second kappa shape index (κ2) is 11.3. The summed E-state index contributed by atoms with van der Waals surface area (Å²) in [7, 11) is 0. The van der Waals surface area contributed by atoms with Gasteiger partial charge in [-0.3, -0.25) is 0 Å². The highest BCUT2D eigenvalue weighted by molar-refractivity contribution is 5.71. The molecule has 1 unspecified atom stereocenters. The number of carboxylic acids is 1. The fourth-order valence-corrected chi connectivity index (χ4v) is 1.74. The maximum atomic E-state index is 10.6. The van der Waals surface area contributed by atoms with Gasteiger partial charge >= 0.3 is 5.97 Å². The van der Waals surface area contributed by atoms with Crippen molar-refractivity contribution >= 4 is 5.97 Å². The van der Waals surface area contributed by atoms with Gasteiger partial charge in [0.1, 0.15) is 0 Å². The molecular weight excluding hydrogens is 264 g/mol. The lowest BCUT2D eigenvalue weighted by molar-refractivity contribution is -0.148. The van der Waals surface area contributed by atoms with Crippen LogP contribution in [0, 0.1) is 0 Å². The average molecular weight is 294 g/mol. The van der Waals surface area contributed by atoms with E-state index in [0.29, 0.717) is 6.61 Å². The van der Waals surface area contributed by atoms with Crippen molar-refractivity contribution in [2.45, 2.75) is 66.4 Å². The normalized spacial score (nSPS) is 14.0. The van der Waals surface area contributed by atoms with Crippen LogP contribution in [0.4, 0.5) is 0 Å². The molecule has 0 rings (SSSR count). The minimum atomic E-state index is -0.920. The predicted molar refractivity (Wildman–Crippen MR) is 88.5 cm³/mol. The first-order valence-corrected chi connectivity index (χ1v) is 7.62. The molecule has 21 heavy (non-hydrogen) atoms. The van der Waals surface area contributed by atoms with Gasteiger partial charge < -0.3 is 9.84 Å². The molecule has 0 spiro atoms. The van der Waals surface area contributed by atoms with Gasteiger partial charge in [-0.25, -0.2) is 4.79 Å². The topological polar surface area (TPSA) is 46.5 Å². The highest BCUT2D eigenvalue weighted by atomic mass is 16.5. The summed E-state index contributed by atoms with van der Waals surface area (Å²) in [4.78, 5) is 10.6. The van der Waals surface area contributed by atoms with E-state index in [2.05, 4.69) is 39.8 Å². The fraction of sp³-hybridized carbons (Fsp3) is 0.611. The van der Waals surface area contributed by atoms with Gasteiger partial charge in [0.05, 0.1) is 6.61 Å². The van der Waals surface area contributed by atoms with Crippen molar-refractivity contribution in [3.05, 3.63) is 34.9 Å². The number of hydrogen-bond donors (Lipinski definition) is 1. The van der Waals surface area contributed by atoms with Crippen molar-refractivity contribution in [3.8, 4) is 0 Å². The summed E-state index contributed by atoms with van der Waals surface area (Å²) in [5.41, 5.74) is 4.04. The molecule has 0 saturated carbocycles. The van der Waals surface area contributed by atoms with Crippen LogP contribution in [0.2, 0.25) is 0 Å². The first-order chi connectivity index (χ1) is 9.82. The van der Waals surface area contributed by atoms with E-state index in [4.69, 9.17) is 9.84 Å². The Hall–Kier alpha value is -1.35. The summed E-state index contributed by atoms with van der Waals surface area (Å²) in [6.07, 6.45) is 10.0. The van der Waals surface area contributed by atoms with Gasteiger partial charge in [-0.2, -0.15) is 0 Å². The zero-order chi connectivity index (χ0) is 16.3. The second-order valence-electron chi connectivity index (χ2n) is 5.77. The van der Waals surface area contributed by atoms with Crippen LogP contribution in [0.25, 0.3) is 0 Å². The average Bonchev–Trinajstić information content (AvgIpc) is 2.37. The van der Waals surface area contributed by atoms with E-state index in [-0.39, 0.29) is 0 Å². The van der Waals surface area contributed by atoms with Crippen LogP contribution in [0.5, 0.6) is 0 Å². The van der Waals surface area contributed by atoms with Crippen LogP contribution in [0.3, 0.4) is 0 Å². The van der Waals surface area contributed by atoms with Gasteiger partial charge in [-0.15, -0.1) is 0 Å². The Morgan fingerprint density at radius 3 is 2.05 bits per heavy atom. The molecule has 1 atom stereocenters. The molecule has 0 aromatic heterocycles. The van der Waals surface area contributed by atoms with Crippen LogP contribution >= 0.6 is 0 Å². The summed E-state index contributed by atoms with van der Waals surface area (Å²) in [6.45, 7) is 10.4. The van der Waals surface area contributed by atoms with Crippen molar-refractivity contribution in [1.29, 1.82) is 0 Å². The lowest BCUT2D eigenvalue weighted by Gasteiger charge is -2.06. The van der Waals surface area contributed by atoms with E-state index >= 15 is 0 Å². The Kier molecular flexibility index (Phi) is 10.6. The maximum absolute atomic E-state index is 10.6. The predicted octanol–water partition coefficient (Wildman–Crippen LogP) is 4.90. The molecule has 0 fully saturated rings. The molecule has 3 nitrogen and oxygen atoms in total. The van der Waals surface area contributed by atoms with Gasteiger partial charge in [0, 0.05) is 0 Å². The van der Waals surface area contributed by atoms with E-state index < -0.39 is 12.1 Å². The Morgan fingerprint density at radius 2 is 1.52 bits per heavy atom. The number of aliphatic carboxylic acids is 1. The van der Waals surface area contributed by atoms with Crippen molar-refractivity contribution in [1.82, 2.24) is 0 Å². The molecule has 0 aliphatic rings. The monoisotopic (exact) mass is 294 g/mol. The Bertz CT molecular complexity index is 399. The van der Waals surface area contributed by atoms with Crippen LogP contribution < -0.4 is 0 Å². The lowest BCUT2D eigenvalue weighted by atomic mass is 10.1. The molecule has 0 saturated heterocycles. The quantitative estimate of drug-likeness (QED) is 0.583. The zero-order valence-corrected chi connectivity index (χ0v) is 14.1. The third-order valence-electron chi connectivity index (χ3n) is 3.25. The third kappa shape index (κ3) is 12.1. The van der Waals surface area contributed by atoms with E-state index in [9.17, 15) is 4.79 Å². The second-order valence-corrected chi connectivity index (χ2v) is 5.77. The molecule has 0 radical (unpaired) electrons. The number of allylic oxidation sites excluding steroid dienone is 5. The van der Waals surface area contributed by atoms with Crippen LogP contribution in [-0.2, 0) is 9.53 Å². The van der Waals surface area contributed by atoms with Crippen LogP contribution in [-0.4, -0.2) is 23.8 Å². The molecule has 1 N–H and O–H groups in total. The van der Waals surface area contributed by atoms with Gasteiger partial charge in [0.15, 0.2) is 6.10 Å². The summed E-state index contributed by atoms with van der Waals surface area (Å²) in [6, 6.07) is 0. The summed E-state index contributed by atoms with van der Waals surface area (Å²) in [5, 5.41) is 8.70. The number of carbonyl (C=O) groups is 1. The van der Waals surface area contributed by atoms with E-state index in [1.165, 1.54) is 16.7 Å². The highest BCUT2D eigenvalue weighted by Gasteiger charge is 2.09. The Morgan fingerprint density at radius 1 is 1.00 bits per heavy atom. The standard InChI is InChI=1S/C18H30O3/c1-14(2)8-6-9-15(3)10-7-11-16(4)12-13-21-17(5)18(19)20/h8,10,12,17H,6-7,9,11,13H2,1-5H3,(H,19,20)/b15-10+,16-12+. The Balaban J connectivity index is 3.93. The summed E-state index contributed by atoms with van der Waals surface area (Å²) < 4.78 is 5.18. The number of ether oxygens (including phenoxy) is 1. The molecular formula is C18H30O3. The number of rotatable bonds is 10. The summed E-state index contributed by atoms with van der Waals surface area (Å²) in [5.74, 6) is -0.920. The van der Waals surface area contributed by atoms with Crippen LogP contribution in [0.1, 0.15) is 60.3 Å². The van der Waals surface area contributed by atoms with Gasteiger partial charge in [-0.1, -0.05) is 34.9 Å². The SMILES string of the molecule is CC(C)=CCC/C(C)=C/CC/C(C)=C/COC(C)C(=O)O. The molecule has 0 heterocycles. The number of hydrogen-bond acceptors (Lipinski definition) is 2. The largest absolute Gasteiger partial charge is 0.479 e. The zero-order valence-electron chi connectivity index (χ0n) is 14.1. The lowest BCUT2D eigenvalue weighted by Crippen LogP contribution is -2.19. The molecule has 0 aliphatic carbocycles. The van der Waals surface area contributed by atoms with Crippen LogP contribution in [0.15, 0.2) is 34.9 Å². The highest BCUT2D eigenvalue weighted by Crippen LogP contribution is 2.11. The van der Waals surface area contributed by atoms with E-state index in [0.717, 1.165) is 25.7 Å². The maximum Gasteiger partial charge on any atom is 0.332 e. The van der Waals surface area contributed by atoms with Crippen molar-refractivity contribution in [3.63, 3.8) is 0 Å². The molecule has 0 aromatic rings. The van der Waals surface area contributed by atoms with Crippen molar-refractivity contribution < 1.29 is 14.6 Å². The number of carboxylic acid groups (broad SMARTS) is 1. The van der Waals surface area contributed by atoms with Gasteiger partial charge in [0.2, 0.25) is 0 Å². The van der Waals surface area contributed by atoms with E-state index in [1.54, 1.807) is 6.92 Å². The molecule has 3 heteroatoms. The summed E-state index contributed by atoms with van der Waals surface area (Å²) >= 11 is 0. The molecule has 0 aromatic carbocycles. The smallest absolute Gasteiger partial charge is 0.332 e. The molecule has 0 aliphatic heterocycles. The van der Waals surface area contributed by atoms with E-state index in [1.807, 2.05) is 6.08 Å². The molecule has 0 amide bonds. The minimum Gasteiger partial charge on any atom is -0.479 e. The fourth-order valence-electron chi connectivity index (χ4n) is 1.74. The van der Waals surface area contributed by atoms with Gasteiger partial charge in [0.25, 0.3) is 0 Å². The Labute approximate surface area is 129 Å². The third-order valence-corrected chi connectivity index (χ3v) is 3.25. The van der Waals surface area contributed by atoms with Crippen molar-refractivity contribution in [2.75, 3.05) is 6.61 Å². The van der Waals surface area contributed by atoms with Gasteiger partial charge in [-0.05, 0) is 60.3 Å². The molecule has 120 valence electrons.